The van der Waals surface area contributed by atoms with Gasteiger partial charge >= 0.3 is 58.2 Å². The molecule has 0 saturated heterocycles. The van der Waals surface area contributed by atoms with Gasteiger partial charge in [0.25, 0.3) is 5.97 Å². The topological polar surface area (TPSA) is 460 Å². The molecule has 0 fully saturated rings. The maximum absolute atomic E-state index is 13.6. The van der Waals surface area contributed by atoms with Gasteiger partial charge in [-0.1, -0.05) is 68.1 Å². The Balaban J connectivity index is 0.0000263. The molecule has 0 radical (unpaired) electrons. The molecule has 0 aromatic heterocycles. The Bertz CT molecular complexity index is 2090. The molecule has 0 aliphatic rings. The number of unbranched alkanes of at least 4 members (excludes halogenated alkanes) is 5. The number of carboxylic acids is 6. The zero-order valence-electron chi connectivity index (χ0n) is 39.9. The van der Waals surface area contributed by atoms with Crippen molar-refractivity contribution in [2.24, 2.45) is 5.92 Å². The van der Waals surface area contributed by atoms with Crippen LogP contribution in [0.25, 0.3) is 16.4 Å². The number of hydrogen-bond donors (Lipinski definition) is 10. The second kappa shape index (κ2) is 38.0. The molecule has 1 aromatic rings. The van der Waals surface area contributed by atoms with E-state index in [1.165, 1.54) is 0 Å². The van der Waals surface area contributed by atoms with Gasteiger partial charge in [-0.2, -0.15) is 5.75 Å². The molecule has 7 atom stereocenters. The zero-order chi connectivity index (χ0) is 56.3. The molecule has 1 aromatic carbocycles. The average Bonchev–Trinajstić information content (AvgIpc) is 3.34. The van der Waals surface area contributed by atoms with Gasteiger partial charge in [-0.25, -0.2) is 14.4 Å². The van der Waals surface area contributed by atoms with Crippen molar-refractivity contribution in [3.8, 4) is 0 Å². The Morgan fingerprint density at radius 2 is 1.09 bits per heavy atom. The molecule has 0 unspecified atom stereocenters. The van der Waals surface area contributed by atoms with Crippen LogP contribution in [0.4, 0.5) is 4.79 Å². The van der Waals surface area contributed by atoms with Crippen LogP contribution in [0.1, 0.15) is 108 Å². The Kier molecular flexibility index (Phi) is 34.5. The molecule has 0 aliphatic heterocycles. The molecule has 27 nitrogen and oxygen atoms in total. The van der Waals surface area contributed by atoms with Gasteiger partial charge in [-0.05, 0) is 50.1 Å². The molecule has 0 spiro atoms. The van der Waals surface area contributed by atoms with E-state index in [0.717, 1.165) is 18.9 Å². The van der Waals surface area contributed by atoms with Crippen molar-refractivity contribution in [3.63, 3.8) is 0 Å². The maximum atomic E-state index is 13.6. The number of aliphatic carboxylic acids is 6. The molecule has 0 bridgehead atoms. The summed E-state index contributed by atoms with van der Waals surface area (Å²) in [5, 5.41) is 71.2. The molecule has 0 aliphatic carbocycles. The van der Waals surface area contributed by atoms with Crippen molar-refractivity contribution in [3.05, 3.63) is 52.3 Å². The molecular weight excluding hydrogens is 1090 g/mol. The monoisotopic (exact) mass is 1150 g/mol. The Labute approximate surface area is 440 Å². The minimum absolute atomic E-state index is 0.0359. The number of ketones is 2. The summed E-state index contributed by atoms with van der Waals surface area (Å²) < 4.78 is 8.22. The van der Waals surface area contributed by atoms with Crippen LogP contribution in [-0.2, 0) is 98.9 Å². The number of carbonyl (C=O) groups excluding carboxylic acids is 7. The number of nitrogens with one attached hydrogen (secondary N) is 5. The number of urea groups is 1. The first-order valence-corrected chi connectivity index (χ1v) is 24.3. The SMILES string of the molecule is [NH-][C@@H](CNC(=O)CC[C@H](CC(=O)[C@H](Cc1ccccc1)NC(=O)CCCCCCCCC(=O)CC[C@H](NC(=O)N[C@@H](CCC(=O)O)C(=O)O)C(=O)O)C(=O)O)C(=O)[N-][C@@H](CC(=O)O)C(=O)[N-][C@@H](C[S-])C(=O)O.[O]=[99Tc+4]. The summed E-state index contributed by atoms with van der Waals surface area (Å²) >= 11 is 5.51. The molecule has 11 N–H and O–H groups in total. The number of nitrogens with zero attached hydrogens (tertiary/aromatic N) is 2. The third-order valence-corrected chi connectivity index (χ3v) is 11.0. The first kappa shape index (κ1) is 67.3. The van der Waals surface area contributed by atoms with Crippen molar-refractivity contribution in [2.45, 2.75) is 145 Å². The fourth-order valence-electron chi connectivity index (χ4n) is 6.64. The Morgan fingerprint density at radius 1 is 0.554 bits per heavy atom. The number of Topliss-reactive ketones (excluding diaryl/α,β-unsaturated/α-hetero) is 2. The molecule has 6 amide bonds. The van der Waals surface area contributed by atoms with E-state index in [4.69, 9.17) is 24.6 Å². The predicted octanol–water partition coefficient (Wildman–Crippen LogP) is 1.75. The third kappa shape index (κ3) is 30.4. The van der Waals surface area contributed by atoms with E-state index in [9.17, 15) is 77.6 Å². The molecule has 0 heterocycles. The quantitative estimate of drug-likeness (QED) is 0.0331. The summed E-state index contributed by atoms with van der Waals surface area (Å²) in [5.74, 6) is -15.6. The fourth-order valence-corrected chi connectivity index (χ4v) is 6.86. The van der Waals surface area contributed by atoms with Gasteiger partial charge in [0, 0.05) is 63.3 Å². The van der Waals surface area contributed by atoms with Gasteiger partial charge in [0.05, 0.1) is 12.0 Å². The first-order chi connectivity index (χ1) is 34.9. The van der Waals surface area contributed by atoms with Gasteiger partial charge in [0.15, 0.2) is 5.78 Å². The summed E-state index contributed by atoms with van der Waals surface area (Å²) in [6, 6.07) is -2.27. The second-order valence-corrected chi connectivity index (χ2v) is 16.8. The normalized spacial score (nSPS) is 13.5. The van der Waals surface area contributed by atoms with E-state index in [2.05, 4.69) is 39.2 Å². The van der Waals surface area contributed by atoms with Crippen molar-refractivity contribution in [1.29, 1.82) is 0 Å². The number of carboxylic acid groups (broad SMARTS) is 6. The minimum atomic E-state index is -1.97. The van der Waals surface area contributed by atoms with E-state index >= 15 is 0 Å². The zero-order valence-corrected chi connectivity index (χ0v) is 42.6. The van der Waals surface area contributed by atoms with Crippen LogP contribution >= 0.6 is 0 Å². The average molecular weight is 1150 g/mol. The number of benzene rings is 1. The second-order valence-electron chi connectivity index (χ2n) is 16.5. The summed E-state index contributed by atoms with van der Waals surface area (Å²) in [7, 11) is 0. The van der Waals surface area contributed by atoms with Gasteiger partial charge in [-0.15, -0.1) is 0 Å². The summed E-state index contributed by atoms with van der Waals surface area (Å²) in [6.45, 7) is -0.690. The summed E-state index contributed by atoms with van der Waals surface area (Å²) in [4.78, 5) is 157. The fraction of sp³-hybridized carbons (Fsp3) is 0.578. The van der Waals surface area contributed by atoms with Crippen LogP contribution in [0.3, 0.4) is 0 Å². The van der Waals surface area contributed by atoms with Crippen LogP contribution in [0.15, 0.2) is 30.3 Å². The standard InChI is InChI=1S/C45H64N7O19S.O.Tc/c46-28(39(61)49-32(22-38(59)60)40(62)50-33(24-72)44(69)70)23-47-35(55)18-14-26(41(63)64)21-34(54)31(20-25-10-6-5-7-11-25)48-36(56)13-9-4-2-1-3-8-12-27(53)15-16-29(42(65)66)51-45(71)52-30(43(67)68)17-19-37(57)58;;/h5-7,10-11,26,28-33,46H,1-4,8-9,12-24H2,(H13,47,48,49,50,51,52,55,56,57,58,59,60,61,62,63,64,65,66,67,68,69,70,71,72);;/q-1;;+4/p-3/t26-,28+,29+,30+,31+,32+,33+;;/m1../s1/i;;1+1. The molecule has 74 heavy (non-hydrogen) atoms. The van der Waals surface area contributed by atoms with Crippen LogP contribution in [0, 0.1) is 5.92 Å². The molecule has 0 saturated carbocycles. The predicted molar refractivity (Wildman–Crippen MR) is 253 cm³/mol. The van der Waals surface area contributed by atoms with E-state index in [0.29, 0.717) is 44.1 Å². The molecule has 29 heteroatoms. The van der Waals surface area contributed by atoms with Crippen LogP contribution in [0.2, 0.25) is 0 Å². The number of carbonyl (C=O) groups is 13. The Morgan fingerprint density at radius 3 is 1.61 bits per heavy atom. The number of rotatable bonds is 39. The molecule has 409 valence electrons. The van der Waals surface area contributed by atoms with Crippen LogP contribution in [0.5, 0.6) is 0 Å². The van der Waals surface area contributed by atoms with Gasteiger partial charge in [-0.3, -0.25) is 38.4 Å². The Hall–Kier alpha value is -6.71. The van der Waals surface area contributed by atoms with Gasteiger partial charge in [0.2, 0.25) is 11.8 Å². The van der Waals surface area contributed by atoms with Gasteiger partial charge in [0.1, 0.15) is 17.9 Å². The summed E-state index contributed by atoms with van der Waals surface area (Å²) in [6.07, 6.45) is -0.121. The van der Waals surface area contributed by atoms with Crippen molar-refractivity contribution >= 4 is 89.7 Å². The van der Waals surface area contributed by atoms with Crippen LogP contribution < -0.4 is 21.3 Å². The molecule has 1 rings (SSSR count). The van der Waals surface area contributed by atoms with E-state index in [1.807, 2.05) is 5.32 Å². The summed E-state index contributed by atoms with van der Waals surface area (Å²) in [5.41, 5.74) is 8.67. The van der Waals surface area contributed by atoms with Crippen molar-refractivity contribution in [2.75, 3.05) is 12.3 Å². The first-order valence-electron chi connectivity index (χ1n) is 22.9. The molecular formula is C45H61N7O20STc. The van der Waals surface area contributed by atoms with Crippen LogP contribution in [-0.4, -0.2) is 156 Å². The number of amides is 6. The van der Waals surface area contributed by atoms with E-state index in [-0.39, 0.29) is 44.3 Å². The third-order valence-electron chi connectivity index (χ3n) is 10.7. The van der Waals surface area contributed by atoms with E-state index < -0.39 is 158 Å². The van der Waals surface area contributed by atoms with Crippen molar-refractivity contribution in [1.82, 2.24) is 21.3 Å². The number of hydrogen-bond acceptors (Lipinski definition) is 15. The van der Waals surface area contributed by atoms with Crippen molar-refractivity contribution < 1.29 is 115 Å². The van der Waals surface area contributed by atoms with E-state index in [1.54, 1.807) is 30.3 Å². The van der Waals surface area contributed by atoms with Gasteiger partial charge < -0.3 is 90.5 Å².